The molecule has 0 bridgehead atoms. The molecule has 0 spiro atoms. The molecule has 0 radical (unpaired) electrons. The number of carbonyl (C=O) groups is 1. The molecule has 1 unspecified atom stereocenters. The van der Waals surface area contributed by atoms with Gasteiger partial charge >= 0.3 is 0 Å². The molecular formula is C14H16ClN2OS+. The first-order valence-corrected chi connectivity index (χ1v) is 7.28. The molecule has 0 aliphatic carbocycles. The Balaban J connectivity index is 1.82. The highest BCUT2D eigenvalue weighted by Crippen LogP contribution is 2.12. The molecule has 2 N–H and O–H groups in total. The Labute approximate surface area is 121 Å². The first-order valence-electron chi connectivity index (χ1n) is 6.02. The van der Waals surface area contributed by atoms with Gasteiger partial charge in [0.05, 0.1) is 11.9 Å². The van der Waals surface area contributed by atoms with E-state index in [1.165, 1.54) is 4.88 Å². The van der Waals surface area contributed by atoms with Crippen molar-refractivity contribution < 1.29 is 9.69 Å². The van der Waals surface area contributed by atoms with Crippen LogP contribution in [0.5, 0.6) is 0 Å². The minimum absolute atomic E-state index is 0.0105. The minimum Gasteiger partial charge on any atom is -0.325 e. The van der Waals surface area contributed by atoms with E-state index in [-0.39, 0.29) is 5.91 Å². The zero-order valence-corrected chi connectivity index (χ0v) is 12.2. The van der Waals surface area contributed by atoms with Gasteiger partial charge in [-0.2, -0.15) is 0 Å². The van der Waals surface area contributed by atoms with Crippen LogP contribution in [0.2, 0.25) is 5.02 Å². The molecule has 0 fully saturated rings. The molecule has 1 aromatic heterocycles. The second-order valence-electron chi connectivity index (χ2n) is 4.45. The number of hydrogen-bond donors (Lipinski definition) is 2. The molecule has 0 aliphatic heterocycles. The third-order valence-electron chi connectivity index (χ3n) is 2.65. The molecule has 1 aromatic carbocycles. The van der Waals surface area contributed by atoms with E-state index in [9.17, 15) is 4.79 Å². The molecule has 100 valence electrons. The van der Waals surface area contributed by atoms with Gasteiger partial charge in [-0.05, 0) is 35.7 Å². The Bertz CT molecular complexity index is 525. The number of nitrogens with one attached hydrogen (secondary N) is 2. The Morgan fingerprint density at radius 1 is 1.32 bits per heavy atom. The van der Waals surface area contributed by atoms with E-state index in [1.807, 2.05) is 13.1 Å². The number of rotatable bonds is 5. The Morgan fingerprint density at radius 2 is 2.05 bits per heavy atom. The van der Waals surface area contributed by atoms with Crippen molar-refractivity contribution in [2.24, 2.45) is 0 Å². The standard InChI is InChI=1S/C14H15ClN2OS/c1-17(9-13-3-2-8-19-13)10-14(18)16-12-6-4-11(15)5-7-12/h2-8H,9-10H2,1H3,(H,16,18)/p+1. The van der Waals surface area contributed by atoms with E-state index >= 15 is 0 Å². The number of quaternary nitrogens is 1. The van der Waals surface area contributed by atoms with Crippen LogP contribution in [0, 0.1) is 0 Å². The summed E-state index contributed by atoms with van der Waals surface area (Å²) in [5.41, 5.74) is 0.776. The summed E-state index contributed by atoms with van der Waals surface area (Å²) in [5, 5.41) is 5.58. The van der Waals surface area contributed by atoms with Crippen LogP contribution in [0.15, 0.2) is 41.8 Å². The smallest absolute Gasteiger partial charge is 0.279 e. The number of carbonyl (C=O) groups excluding carboxylic acids is 1. The molecule has 1 heterocycles. The molecule has 2 aromatic rings. The summed E-state index contributed by atoms with van der Waals surface area (Å²) in [4.78, 5) is 14.3. The van der Waals surface area contributed by atoms with E-state index in [1.54, 1.807) is 35.6 Å². The first-order chi connectivity index (χ1) is 9.13. The van der Waals surface area contributed by atoms with Gasteiger partial charge in [0.1, 0.15) is 6.54 Å². The molecular weight excluding hydrogens is 280 g/mol. The second-order valence-corrected chi connectivity index (χ2v) is 5.91. The van der Waals surface area contributed by atoms with Crippen LogP contribution in [0.1, 0.15) is 4.88 Å². The number of thiophene rings is 1. The highest BCUT2D eigenvalue weighted by molar-refractivity contribution is 7.09. The molecule has 3 nitrogen and oxygen atoms in total. The van der Waals surface area contributed by atoms with Crippen molar-refractivity contribution in [3.8, 4) is 0 Å². The van der Waals surface area contributed by atoms with E-state index in [0.29, 0.717) is 11.6 Å². The van der Waals surface area contributed by atoms with Crippen molar-refractivity contribution in [3.63, 3.8) is 0 Å². The molecule has 2 rings (SSSR count). The van der Waals surface area contributed by atoms with Gasteiger partial charge < -0.3 is 10.2 Å². The molecule has 19 heavy (non-hydrogen) atoms. The van der Waals surface area contributed by atoms with Crippen LogP contribution in [-0.2, 0) is 11.3 Å². The van der Waals surface area contributed by atoms with Gasteiger partial charge in [0.2, 0.25) is 0 Å². The van der Waals surface area contributed by atoms with Crippen molar-refractivity contribution in [3.05, 3.63) is 51.7 Å². The van der Waals surface area contributed by atoms with Crippen LogP contribution in [0.25, 0.3) is 0 Å². The number of anilines is 1. The van der Waals surface area contributed by atoms with Crippen molar-refractivity contribution in [1.82, 2.24) is 0 Å². The van der Waals surface area contributed by atoms with Crippen LogP contribution >= 0.6 is 22.9 Å². The maximum absolute atomic E-state index is 11.9. The van der Waals surface area contributed by atoms with Gasteiger partial charge in [0.25, 0.3) is 5.91 Å². The van der Waals surface area contributed by atoms with Gasteiger partial charge in [0, 0.05) is 10.7 Å². The Hall–Kier alpha value is -1.36. The summed E-state index contributed by atoms with van der Waals surface area (Å²) in [6.07, 6.45) is 0. The SMILES string of the molecule is C[NH+](CC(=O)Nc1ccc(Cl)cc1)Cc1cccs1. The van der Waals surface area contributed by atoms with Crippen molar-refractivity contribution in [2.75, 3.05) is 18.9 Å². The fourth-order valence-corrected chi connectivity index (χ4v) is 2.73. The van der Waals surface area contributed by atoms with E-state index < -0.39 is 0 Å². The summed E-state index contributed by atoms with van der Waals surface area (Å²) in [5.74, 6) is 0.0105. The topological polar surface area (TPSA) is 33.5 Å². The number of halogens is 1. The predicted octanol–water partition coefficient (Wildman–Crippen LogP) is 2.05. The second kappa shape index (κ2) is 6.70. The highest BCUT2D eigenvalue weighted by Gasteiger charge is 2.11. The summed E-state index contributed by atoms with van der Waals surface area (Å²) in [7, 11) is 2.02. The lowest BCUT2D eigenvalue weighted by molar-refractivity contribution is -0.884. The molecule has 1 atom stereocenters. The summed E-state index contributed by atoms with van der Waals surface area (Å²) in [6.45, 7) is 1.31. The number of benzene rings is 1. The lowest BCUT2D eigenvalue weighted by Crippen LogP contribution is -3.08. The van der Waals surface area contributed by atoms with E-state index in [2.05, 4.69) is 16.8 Å². The maximum atomic E-state index is 11.9. The average Bonchev–Trinajstić information content (AvgIpc) is 2.84. The lowest BCUT2D eigenvalue weighted by Gasteiger charge is -2.12. The fourth-order valence-electron chi connectivity index (χ4n) is 1.79. The Morgan fingerprint density at radius 3 is 2.68 bits per heavy atom. The zero-order chi connectivity index (χ0) is 13.7. The van der Waals surface area contributed by atoms with Gasteiger partial charge in [0.15, 0.2) is 6.54 Å². The van der Waals surface area contributed by atoms with Crippen LogP contribution < -0.4 is 10.2 Å². The van der Waals surface area contributed by atoms with Crippen molar-refractivity contribution in [1.29, 1.82) is 0 Å². The van der Waals surface area contributed by atoms with Gasteiger partial charge in [-0.1, -0.05) is 17.7 Å². The van der Waals surface area contributed by atoms with Gasteiger partial charge in [-0.3, -0.25) is 4.79 Å². The third-order valence-corrected chi connectivity index (χ3v) is 3.77. The monoisotopic (exact) mass is 295 g/mol. The normalized spacial score (nSPS) is 12.1. The summed E-state index contributed by atoms with van der Waals surface area (Å²) in [6, 6.07) is 11.2. The van der Waals surface area contributed by atoms with Gasteiger partial charge in [-0.25, -0.2) is 0 Å². The molecule has 0 saturated heterocycles. The van der Waals surface area contributed by atoms with E-state index in [4.69, 9.17) is 11.6 Å². The molecule has 5 heteroatoms. The molecule has 0 saturated carbocycles. The summed E-state index contributed by atoms with van der Waals surface area (Å²) >= 11 is 7.51. The van der Waals surface area contributed by atoms with E-state index in [0.717, 1.165) is 17.1 Å². The minimum atomic E-state index is 0.0105. The zero-order valence-electron chi connectivity index (χ0n) is 10.7. The number of amides is 1. The fraction of sp³-hybridized carbons (Fsp3) is 0.214. The maximum Gasteiger partial charge on any atom is 0.279 e. The molecule has 1 amide bonds. The molecule has 0 aliphatic rings. The van der Waals surface area contributed by atoms with Crippen LogP contribution in [-0.4, -0.2) is 19.5 Å². The predicted molar refractivity (Wildman–Crippen MR) is 79.9 cm³/mol. The summed E-state index contributed by atoms with van der Waals surface area (Å²) < 4.78 is 0. The van der Waals surface area contributed by atoms with Crippen molar-refractivity contribution >= 4 is 34.5 Å². The third kappa shape index (κ3) is 4.67. The largest absolute Gasteiger partial charge is 0.325 e. The first kappa shape index (κ1) is 14.1. The Kier molecular flexibility index (Phi) is 4.96. The van der Waals surface area contributed by atoms with Crippen LogP contribution in [0.3, 0.4) is 0 Å². The average molecular weight is 296 g/mol. The number of hydrogen-bond acceptors (Lipinski definition) is 2. The lowest BCUT2D eigenvalue weighted by atomic mass is 10.3. The van der Waals surface area contributed by atoms with Crippen LogP contribution in [0.4, 0.5) is 5.69 Å². The number of likely N-dealkylation sites (N-methyl/N-ethyl adjacent to an activating group) is 1. The quantitative estimate of drug-likeness (QED) is 0.870. The van der Waals surface area contributed by atoms with Crippen molar-refractivity contribution in [2.45, 2.75) is 6.54 Å². The highest BCUT2D eigenvalue weighted by atomic mass is 35.5. The van der Waals surface area contributed by atoms with Gasteiger partial charge in [-0.15, -0.1) is 11.3 Å².